The number of hydrogen-bond acceptors (Lipinski definition) is 5. The van der Waals surface area contributed by atoms with Gasteiger partial charge in [-0.15, -0.1) is 0 Å². The lowest BCUT2D eigenvalue weighted by Gasteiger charge is -2.31. The van der Waals surface area contributed by atoms with Crippen molar-refractivity contribution in [2.24, 2.45) is 5.73 Å². The number of nitrogens with zero attached hydrogens (tertiary/aromatic N) is 2. The molecule has 3 atom stereocenters. The minimum Gasteiger partial charge on any atom is -0.444 e. The van der Waals surface area contributed by atoms with Crippen LogP contribution < -0.4 is 10.6 Å². The number of carbonyl (C=O) groups is 1. The zero-order valence-corrected chi connectivity index (χ0v) is 13.4. The molecule has 6 nitrogen and oxygen atoms in total. The Balaban J connectivity index is 2.46. The van der Waals surface area contributed by atoms with Gasteiger partial charge in [0.15, 0.2) is 6.10 Å². The van der Waals surface area contributed by atoms with Crippen LogP contribution in [0, 0.1) is 11.3 Å². The number of primary amides is 1. The molecular weight excluding hydrogens is 384 g/mol. The molecule has 0 radical (unpaired) electrons. The molecule has 1 heterocycles. The van der Waals surface area contributed by atoms with Crippen molar-refractivity contribution in [1.82, 2.24) is 0 Å². The number of amides is 1. The highest BCUT2D eigenvalue weighted by Gasteiger charge is 2.50. The molecular formula is C15H13F6N3O3. The number of halogens is 6. The number of nitriles is 1. The van der Waals surface area contributed by atoms with Crippen molar-refractivity contribution in [3.8, 4) is 6.07 Å². The second-order valence-corrected chi connectivity index (χ2v) is 5.84. The summed E-state index contributed by atoms with van der Waals surface area (Å²) in [5, 5.41) is 18.4. The molecule has 148 valence electrons. The van der Waals surface area contributed by atoms with E-state index in [0.717, 1.165) is 17.0 Å². The standard InChI is InChI=1S/C15H13F6N3O3/c16-14(17,18)10-3-8(2-1-7(10)5-22)24-6-9(27-13(23)26)4-11(24)12(25)15(19,20)21/h1-3,9,11-12,25H,4,6H2,(H2,23,26)/t9?,11-,12+/m1/s1. The Morgan fingerprint density at radius 1 is 1.33 bits per heavy atom. The van der Waals surface area contributed by atoms with E-state index in [1.165, 1.54) is 6.07 Å². The monoisotopic (exact) mass is 397 g/mol. The molecule has 0 aliphatic carbocycles. The number of ether oxygens (including phenoxy) is 1. The van der Waals surface area contributed by atoms with Gasteiger partial charge in [-0.05, 0) is 18.2 Å². The minimum absolute atomic E-state index is 0.315. The van der Waals surface area contributed by atoms with Gasteiger partial charge < -0.3 is 20.5 Å². The molecule has 0 spiro atoms. The summed E-state index contributed by atoms with van der Waals surface area (Å²) in [5.74, 6) is 0. The molecule has 1 aromatic rings. The summed E-state index contributed by atoms with van der Waals surface area (Å²) in [4.78, 5) is 11.7. The summed E-state index contributed by atoms with van der Waals surface area (Å²) in [7, 11) is 0. The number of nitrogens with two attached hydrogens (primary N) is 1. The van der Waals surface area contributed by atoms with Crippen molar-refractivity contribution in [3.05, 3.63) is 29.3 Å². The number of anilines is 1. The lowest BCUT2D eigenvalue weighted by atomic mass is 10.0. The molecule has 1 aromatic carbocycles. The van der Waals surface area contributed by atoms with E-state index in [9.17, 15) is 36.2 Å². The number of carbonyl (C=O) groups excluding carboxylic acids is 1. The van der Waals surface area contributed by atoms with E-state index in [1.807, 2.05) is 0 Å². The SMILES string of the molecule is N#Cc1ccc(N2CC(OC(N)=O)C[C@@H]2[C@H](O)C(F)(F)F)cc1C(F)(F)F. The van der Waals surface area contributed by atoms with Crippen molar-refractivity contribution in [2.45, 2.75) is 37.0 Å². The molecule has 1 amide bonds. The van der Waals surface area contributed by atoms with Gasteiger partial charge in [0.1, 0.15) is 6.10 Å². The normalized spacial score (nSPS) is 21.6. The predicted octanol–water partition coefficient (Wildman–Crippen LogP) is 2.54. The molecule has 0 bridgehead atoms. The van der Waals surface area contributed by atoms with Crippen LogP contribution in [0.15, 0.2) is 18.2 Å². The fraction of sp³-hybridized carbons (Fsp3) is 0.467. The smallest absolute Gasteiger partial charge is 0.417 e. The van der Waals surface area contributed by atoms with Gasteiger partial charge in [0.2, 0.25) is 0 Å². The third-order valence-electron chi connectivity index (χ3n) is 4.05. The molecule has 1 saturated heterocycles. The van der Waals surface area contributed by atoms with E-state index in [-0.39, 0.29) is 5.69 Å². The van der Waals surface area contributed by atoms with Crippen molar-refractivity contribution in [2.75, 3.05) is 11.4 Å². The molecule has 1 aliphatic rings. The van der Waals surface area contributed by atoms with Crippen molar-refractivity contribution in [1.29, 1.82) is 5.26 Å². The van der Waals surface area contributed by atoms with Crippen LogP contribution in [0.25, 0.3) is 0 Å². The van der Waals surface area contributed by atoms with Crippen molar-refractivity contribution >= 4 is 11.8 Å². The maximum Gasteiger partial charge on any atom is 0.417 e. The Morgan fingerprint density at radius 2 is 1.96 bits per heavy atom. The van der Waals surface area contributed by atoms with Crippen LogP contribution in [-0.4, -0.2) is 42.2 Å². The van der Waals surface area contributed by atoms with Crippen molar-refractivity contribution in [3.63, 3.8) is 0 Å². The third-order valence-corrected chi connectivity index (χ3v) is 4.05. The second kappa shape index (κ2) is 7.15. The maximum absolute atomic E-state index is 13.1. The Labute approximate surface area is 148 Å². The van der Waals surface area contributed by atoms with E-state index < -0.39 is 60.8 Å². The number of rotatable bonds is 3. The summed E-state index contributed by atoms with van der Waals surface area (Å²) >= 11 is 0. The molecule has 0 saturated carbocycles. The van der Waals surface area contributed by atoms with Gasteiger partial charge in [-0.3, -0.25) is 0 Å². The van der Waals surface area contributed by atoms with Gasteiger partial charge in [0.05, 0.1) is 29.8 Å². The lowest BCUT2D eigenvalue weighted by Crippen LogP contribution is -2.47. The summed E-state index contributed by atoms with van der Waals surface area (Å²) in [6, 6.07) is 2.01. The zero-order valence-electron chi connectivity index (χ0n) is 13.4. The first-order valence-electron chi connectivity index (χ1n) is 7.43. The van der Waals surface area contributed by atoms with Crippen LogP contribution in [0.2, 0.25) is 0 Å². The van der Waals surface area contributed by atoms with Gasteiger partial charge in [-0.1, -0.05) is 0 Å². The summed E-state index contributed by atoms with van der Waals surface area (Å²) in [6.07, 6.45) is -15.8. The average molecular weight is 397 g/mol. The quantitative estimate of drug-likeness (QED) is 0.764. The summed E-state index contributed by atoms with van der Waals surface area (Å²) < 4.78 is 82.8. The van der Waals surface area contributed by atoms with Crippen LogP contribution in [0.3, 0.4) is 0 Å². The molecule has 27 heavy (non-hydrogen) atoms. The molecule has 2 rings (SSSR count). The molecule has 1 aliphatic heterocycles. The highest BCUT2D eigenvalue weighted by atomic mass is 19.4. The van der Waals surface area contributed by atoms with Crippen molar-refractivity contribution < 1.29 is 41.0 Å². The largest absolute Gasteiger partial charge is 0.444 e. The topological polar surface area (TPSA) is 99.6 Å². The first-order chi connectivity index (χ1) is 12.3. The Bertz CT molecular complexity index is 759. The fourth-order valence-corrected chi connectivity index (χ4v) is 2.93. The van der Waals surface area contributed by atoms with Gasteiger partial charge >= 0.3 is 18.4 Å². The van der Waals surface area contributed by atoms with E-state index >= 15 is 0 Å². The summed E-state index contributed by atoms with van der Waals surface area (Å²) in [5.41, 5.74) is 2.48. The highest BCUT2D eigenvalue weighted by Crippen LogP contribution is 2.38. The predicted molar refractivity (Wildman–Crippen MR) is 78.4 cm³/mol. The fourth-order valence-electron chi connectivity index (χ4n) is 2.93. The minimum atomic E-state index is -5.05. The molecule has 3 N–H and O–H groups in total. The van der Waals surface area contributed by atoms with E-state index in [0.29, 0.717) is 6.07 Å². The maximum atomic E-state index is 13.1. The molecule has 0 aromatic heterocycles. The number of aliphatic hydroxyl groups is 1. The first-order valence-corrected chi connectivity index (χ1v) is 7.43. The van der Waals surface area contributed by atoms with E-state index in [1.54, 1.807) is 0 Å². The number of hydrogen-bond donors (Lipinski definition) is 2. The number of benzene rings is 1. The van der Waals surface area contributed by atoms with Crippen LogP contribution in [0.1, 0.15) is 17.5 Å². The third kappa shape index (κ3) is 4.54. The van der Waals surface area contributed by atoms with E-state index in [4.69, 9.17) is 11.0 Å². The van der Waals surface area contributed by atoms with Gasteiger partial charge in [0, 0.05) is 12.1 Å². The van der Waals surface area contributed by atoms with Crippen LogP contribution >= 0.6 is 0 Å². The van der Waals surface area contributed by atoms with Gasteiger partial charge in [0.25, 0.3) is 0 Å². The second-order valence-electron chi connectivity index (χ2n) is 5.84. The average Bonchev–Trinajstić information content (AvgIpc) is 2.94. The Hall–Kier alpha value is -2.68. The number of aliphatic hydroxyl groups excluding tert-OH is 1. The Morgan fingerprint density at radius 3 is 2.44 bits per heavy atom. The molecule has 1 fully saturated rings. The van der Waals surface area contributed by atoms with Gasteiger partial charge in [-0.25, -0.2) is 4.79 Å². The van der Waals surface area contributed by atoms with Gasteiger partial charge in [-0.2, -0.15) is 31.6 Å². The molecule has 12 heteroatoms. The van der Waals surface area contributed by atoms with Crippen LogP contribution in [0.4, 0.5) is 36.8 Å². The lowest BCUT2D eigenvalue weighted by molar-refractivity contribution is -0.209. The van der Waals surface area contributed by atoms with E-state index in [2.05, 4.69) is 4.74 Å². The number of alkyl halides is 6. The van der Waals surface area contributed by atoms with Crippen LogP contribution in [-0.2, 0) is 10.9 Å². The molecule has 1 unspecified atom stereocenters. The summed E-state index contributed by atoms with van der Waals surface area (Å²) in [6.45, 7) is -0.413. The zero-order chi connectivity index (χ0) is 20.6. The highest BCUT2D eigenvalue weighted by molar-refractivity contribution is 5.65. The van der Waals surface area contributed by atoms with Crippen LogP contribution in [0.5, 0.6) is 0 Å². The Kier molecular flexibility index (Phi) is 5.46. The first kappa shape index (κ1) is 20.6.